The van der Waals surface area contributed by atoms with Crippen LogP contribution in [0, 0.1) is 0 Å². The Morgan fingerprint density at radius 2 is 1.69 bits per heavy atom. The van der Waals surface area contributed by atoms with E-state index in [1.807, 2.05) is 13.8 Å². The third-order valence-corrected chi connectivity index (χ3v) is 9.88. The summed E-state index contributed by atoms with van der Waals surface area (Å²) >= 11 is 3.64. The number of hydrogen-bond donors (Lipinski definition) is 2. The van der Waals surface area contributed by atoms with Crippen LogP contribution in [-0.2, 0) is 19.6 Å². The summed E-state index contributed by atoms with van der Waals surface area (Å²) in [6.07, 6.45) is 0. The molecular weight excluding hydrogens is 547 g/mol. The highest BCUT2D eigenvalue weighted by Gasteiger charge is 2.26. The number of amides is 2. The molecule has 3 heterocycles. The molecule has 192 valence electrons. The summed E-state index contributed by atoms with van der Waals surface area (Å²) in [5, 5.41) is 22.8. The number of sulfonamides is 1. The molecule has 1 saturated heterocycles. The number of carbonyl (C=O) groups excluding carboxylic acids is 2. The van der Waals surface area contributed by atoms with Crippen molar-refractivity contribution >= 4 is 66.5 Å². The third-order valence-electron chi connectivity index (χ3n) is 4.86. The van der Waals surface area contributed by atoms with Crippen LogP contribution in [0.5, 0.6) is 0 Å². The lowest BCUT2D eigenvalue weighted by atomic mass is 10.2. The maximum absolute atomic E-state index is 12.7. The molecule has 1 aromatic carbocycles. The average Bonchev–Trinajstić information content (AvgIpc) is 3.53. The average molecular weight is 570 g/mol. The van der Waals surface area contributed by atoms with E-state index in [2.05, 4.69) is 31.0 Å². The fourth-order valence-corrected chi connectivity index (χ4v) is 6.72. The van der Waals surface area contributed by atoms with Crippen molar-refractivity contribution in [2.75, 3.05) is 42.7 Å². The number of morpholine rings is 1. The number of ether oxygens (including phenoxy) is 1. The number of carbonyl (C=O) groups is 2. The van der Waals surface area contributed by atoms with E-state index in [-0.39, 0.29) is 33.2 Å². The lowest BCUT2D eigenvalue weighted by Gasteiger charge is -2.26. The van der Waals surface area contributed by atoms with E-state index in [9.17, 15) is 18.0 Å². The summed E-state index contributed by atoms with van der Waals surface area (Å²) in [5.41, 5.74) is 0.275. The number of aromatic nitrogens is 4. The van der Waals surface area contributed by atoms with Crippen molar-refractivity contribution in [1.29, 1.82) is 0 Å². The van der Waals surface area contributed by atoms with Crippen LogP contribution in [0.25, 0.3) is 0 Å². The van der Waals surface area contributed by atoms with Gasteiger partial charge in [-0.2, -0.15) is 4.31 Å². The van der Waals surface area contributed by atoms with Gasteiger partial charge in [-0.1, -0.05) is 48.3 Å². The minimum absolute atomic E-state index is 0.0955. The first-order valence-electron chi connectivity index (χ1n) is 10.8. The maximum Gasteiger partial charge on any atom is 0.257 e. The predicted molar refractivity (Wildman–Crippen MR) is 137 cm³/mol. The minimum Gasteiger partial charge on any atom is -0.379 e. The van der Waals surface area contributed by atoms with Crippen molar-refractivity contribution in [2.24, 2.45) is 0 Å². The molecule has 16 heteroatoms. The number of thioether (sulfide) groups is 1. The van der Waals surface area contributed by atoms with Crippen molar-refractivity contribution in [3.8, 4) is 0 Å². The van der Waals surface area contributed by atoms with E-state index in [0.717, 1.165) is 16.3 Å². The molecular formula is C20H23N7O5S4. The van der Waals surface area contributed by atoms with Crippen LogP contribution in [-0.4, -0.2) is 77.0 Å². The van der Waals surface area contributed by atoms with Crippen LogP contribution in [0.15, 0.2) is 33.5 Å². The van der Waals surface area contributed by atoms with Gasteiger partial charge >= 0.3 is 0 Å². The highest BCUT2D eigenvalue weighted by molar-refractivity contribution is 8.01. The molecule has 1 aliphatic heterocycles. The Hall–Kier alpha value is -2.50. The smallest absolute Gasteiger partial charge is 0.257 e. The van der Waals surface area contributed by atoms with Gasteiger partial charge in [-0.15, -0.1) is 20.4 Å². The molecule has 0 bridgehead atoms. The van der Waals surface area contributed by atoms with Gasteiger partial charge in [0, 0.05) is 24.6 Å². The predicted octanol–water partition coefficient (Wildman–Crippen LogP) is 2.52. The monoisotopic (exact) mass is 569 g/mol. The van der Waals surface area contributed by atoms with Crippen LogP contribution < -0.4 is 10.6 Å². The number of benzene rings is 1. The Kier molecular flexibility index (Phi) is 8.63. The van der Waals surface area contributed by atoms with E-state index in [4.69, 9.17) is 4.74 Å². The topological polar surface area (TPSA) is 156 Å². The first-order valence-corrected chi connectivity index (χ1v) is 14.9. The zero-order valence-corrected chi connectivity index (χ0v) is 22.6. The first-order chi connectivity index (χ1) is 17.2. The second-order valence-corrected chi connectivity index (χ2v) is 13.0. The lowest BCUT2D eigenvalue weighted by molar-refractivity contribution is -0.113. The molecule has 0 atom stereocenters. The number of hydrogen-bond acceptors (Lipinski definition) is 12. The van der Waals surface area contributed by atoms with Crippen molar-refractivity contribution in [3.05, 3.63) is 34.8 Å². The molecule has 4 rings (SSSR count). The molecule has 2 N–H and O–H groups in total. The molecule has 2 amide bonds. The Balaban J connectivity index is 1.28. The molecule has 3 aromatic rings. The summed E-state index contributed by atoms with van der Waals surface area (Å²) in [4.78, 5) is 24.9. The molecule has 2 aromatic heterocycles. The highest BCUT2D eigenvalue weighted by Crippen LogP contribution is 2.27. The summed E-state index contributed by atoms with van der Waals surface area (Å²) in [5.74, 6) is -0.371. The van der Waals surface area contributed by atoms with Crippen LogP contribution in [0.3, 0.4) is 0 Å². The first kappa shape index (κ1) is 26.6. The Labute approximate surface area is 219 Å². The van der Waals surface area contributed by atoms with Gasteiger partial charge in [0.25, 0.3) is 5.91 Å². The Bertz CT molecular complexity index is 1320. The van der Waals surface area contributed by atoms with Gasteiger partial charge in [-0.25, -0.2) is 8.42 Å². The summed E-state index contributed by atoms with van der Waals surface area (Å²) in [6.45, 7) is 5.31. The van der Waals surface area contributed by atoms with E-state index in [0.29, 0.717) is 35.8 Å². The van der Waals surface area contributed by atoms with E-state index in [1.54, 1.807) is 0 Å². The second-order valence-electron chi connectivity index (χ2n) is 7.81. The molecule has 0 spiro atoms. The number of nitrogens with one attached hydrogen (secondary N) is 2. The van der Waals surface area contributed by atoms with Crippen molar-refractivity contribution in [3.63, 3.8) is 0 Å². The molecule has 0 unspecified atom stereocenters. The quantitative estimate of drug-likeness (QED) is 0.290. The highest BCUT2D eigenvalue weighted by atomic mass is 32.2. The molecule has 36 heavy (non-hydrogen) atoms. The second kappa shape index (κ2) is 11.7. The maximum atomic E-state index is 12.7. The van der Waals surface area contributed by atoms with Gasteiger partial charge in [0.05, 0.1) is 23.9 Å². The zero-order valence-electron chi connectivity index (χ0n) is 19.3. The van der Waals surface area contributed by atoms with Gasteiger partial charge in [0.2, 0.25) is 26.2 Å². The van der Waals surface area contributed by atoms with Crippen LogP contribution in [0.1, 0.15) is 35.1 Å². The normalized spacial score (nSPS) is 14.6. The fraction of sp³-hybridized carbons (Fsp3) is 0.400. The summed E-state index contributed by atoms with van der Waals surface area (Å²) in [6, 6.07) is 5.70. The summed E-state index contributed by atoms with van der Waals surface area (Å²) in [7, 11) is -3.64. The largest absolute Gasteiger partial charge is 0.379 e. The number of anilines is 2. The minimum atomic E-state index is -3.64. The fourth-order valence-electron chi connectivity index (χ4n) is 3.00. The van der Waals surface area contributed by atoms with Gasteiger partial charge in [-0.3, -0.25) is 20.2 Å². The van der Waals surface area contributed by atoms with Crippen molar-refractivity contribution in [1.82, 2.24) is 24.7 Å². The van der Waals surface area contributed by atoms with E-state index < -0.39 is 15.9 Å². The number of nitrogens with zero attached hydrogens (tertiary/aromatic N) is 5. The molecule has 0 radical (unpaired) electrons. The third kappa shape index (κ3) is 6.63. The molecule has 12 nitrogen and oxygen atoms in total. The molecule has 1 fully saturated rings. The van der Waals surface area contributed by atoms with Crippen LogP contribution in [0.2, 0.25) is 0 Å². The number of rotatable bonds is 9. The molecule has 0 saturated carbocycles. The van der Waals surface area contributed by atoms with Crippen LogP contribution in [0.4, 0.5) is 10.3 Å². The Morgan fingerprint density at radius 3 is 2.36 bits per heavy atom. The van der Waals surface area contributed by atoms with Crippen LogP contribution >= 0.6 is 34.4 Å². The molecule has 0 aliphatic carbocycles. The molecule has 1 aliphatic rings. The van der Waals surface area contributed by atoms with Gasteiger partial charge < -0.3 is 4.74 Å². The SMILES string of the molecule is CC(C)c1nnc(NC(=O)CSc2nnc(NC(=O)c3ccc(S(=O)(=O)N4CCOCC4)cc3)s2)s1. The standard InChI is InChI=1S/C20H23N7O5S4/c1-12(2)17-23-24-18(34-17)21-15(28)11-33-20-26-25-19(35-20)22-16(29)13-3-5-14(6-4-13)36(30,31)27-7-9-32-10-8-27/h3-6,12H,7-11H2,1-2H3,(H,21,24,28)(H,22,25,29). The van der Waals surface area contributed by atoms with Gasteiger partial charge in [0.1, 0.15) is 5.01 Å². The lowest BCUT2D eigenvalue weighted by Crippen LogP contribution is -2.40. The van der Waals surface area contributed by atoms with Crippen molar-refractivity contribution < 1.29 is 22.7 Å². The van der Waals surface area contributed by atoms with Gasteiger partial charge in [-0.05, 0) is 24.3 Å². The summed E-state index contributed by atoms with van der Waals surface area (Å²) < 4.78 is 32.5. The van der Waals surface area contributed by atoms with Crippen molar-refractivity contribution in [2.45, 2.75) is 29.0 Å². The zero-order chi connectivity index (χ0) is 25.7. The van der Waals surface area contributed by atoms with E-state index >= 15 is 0 Å². The van der Waals surface area contributed by atoms with Gasteiger partial charge in [0.15, 0.2) is 4.34 Å². The van der Waals surface area contributed by atoms with E-state index in [1.165, 1.54) is 51.7 Å². The Morgan fingerprint density at radius 1 is 1.03 bits per heavy atom.